The maximum atomic E-state index is 13.7. The Morgan fingerprint density at radius 1 is 1.03 bits per heavy atom. The van der Waals surface area contributed by atoms with Crippen LogP contribution in [0.4, 0.5) is 14.5 Å². The second kappa shape index (κ2) is 8.87. The third-order valence-corrected chi connectivity index (χ3v) is 8.37. The number of benzene rings is 1. The largest absolute Gasteiger partial charge is 0.367 e. The molecular formula is C20H24F2N4O3S2. The normalized spacial score (nSPS) is 18.6. The highest BCUT2D eigenvalue weighted by atomic mass is 32.2. The van der Waals surface area contributed by atoms with Crippen LogP contribution in [-0.2, 0) is 10.0 Å². The molecular weight excluding hydrogens is 446 g/mol. The van der Waals surface area contributed by atoms with Gasteiger partial charge in [0, 0.05) is 37.5 Å². The molecule has 2 heterocycles. The Bertz CT molecular complexity index is 1110. The second-order valence-corrected chi connectivity index (χ2v) is 11.2. The summed E-state index contributed by atoms with van der Waals surface area (Å²) >= 11 is 1.49. The zero-order chi connectivity index (χ0) is 22.2. The topological polar surface area (TPSA) is 75.5 Å². The molecule has 11 heteroatoms. The molecule has 168 valence electrons. The van der Waals surface area contributed by atoms with Crippen LogP contribution in [0.15, 0.2) is 34.1 Å². The Hall–Kier alpha value is -1.98. The van der Waals surface area contributed by atoms with Gasteiger partial charge in [-0.15, -0.1) is 11.8 Å². The number of aromatic nitrogens is 2. The van der Waals surface area contributed by atoms with Gasteiger partial charge in [0.25, 0.3) is 5.56 Å². The summed E-state index contributed by atoms with van der Waals surface area (Å²) < 4.78 is 53.5. The van der Waals surface area contributed by atoms with Gasteiger partial charge >= 0.3 is 0 Å². The summed E-state index contributed by atoms with van der Waals surface area (Å²) in [6, 6.07) is 2.90. The molecule has 31 heavy (non-hydrogen) atoms. The number of anilines is 1. The van der Waals surface area contributed by atoms with E-state index >= 15 is 0 Å². The number of rotatable bonds is 5. The van der Waals surface area contributed by atoms with Gasteiger partial charge in [-0.3, -0.25) is 4.79 Å². The Labute approximate surface area is 184 Å². The van der Waals surface area contributed by atoms with Crippen LogP contribution in [0.25, 0.3) is 5.69 Å². The molecule has 0 bridgehead atoms. The number of nitrogens with zero attached hydrogens (tertiary/aromatic N) is 4. The summed E-state index contributed by atoms with van der Waals surface area (Å²) in [6.45, 7) is 1.52. The van der Waals surface area contributed by atoms with Gasteiger partial charge in [-0.05, 0) is 25.0 Å². The SMILES string of the molecule is CS(=O)(=O)N1CCN(c2cnn(-c3cc(F)cc(F)c3)c(=O)c2SC2CCCC2)CC1. The molecule has 1 saturated heterocycles. The van der Waals surface area contributed by atoms with Crippen LogP contribution in [0.1, 0.15) is 25.7 Å². The minimum absolute atomic E-state index is 0.0317. The summed E-state index contributed by atoms with van der Waals surface area (Å²) in [6.07, 6.45) is 6.94. The van der Waals surface area contributed by atoms with Gasteiger partial charge in [0.1, 0.15) is 11.6 Å². The van der Waals surface area contributed by atoms with Crippen molar-refractivity contribution in [1.29, 1.82) is 0 Å². The number of hydrogen-bond donors (Lipinski definition) is 0. The molecule has 7 nitrogen and oxygen atoms in total. The molecule has 0 spiro atoms. The summed E-state index contributed by atoms with van der Waals surface area (Å²) in [4.78, 5) is 15.8. The molecule has 2 aliphatic rings. The molecule has 1 aliphatic heterocycles. The van der Waals surface area contributed by atoms with Crippen molar-refractivity contribution in [3.63, 3.8) is 0 Å². The van der Waals surface area contributed by atoms with Crippen LogP contribution in [-0.4, -0.2) is 60.2 Å². The van der Waals surface area contributed by atoms with Crippen molar-refractivity contribution in [3.05, 3.63) is 46.4 Å². The molecule has 1 aliphatic carbocycles. The average molecular weight is 471 g/mol. The van der Waals surface area contributed by atoms with Crippen LogP contribution in [0.5, 0.6) is 0 Å². The monoisotopic (exact) mass is 470 g/mol. The molecule has 1 saturated carbocycles. The molecule has 0 radical (unpaired) electrons. The molecule has 0 atom stereocenters. The summed E-state index contributed by atoms with van der Waals surface area (Å²) in [5.74, 6) is -1.57. The van der Waals surface area contributed by atoms with E-state index in [2.05, 4.69) is 5.10 Å². The van der Waals surface area contributed by atoms with Crippen molar-refractivity contribution in [3.8, 4) is 5.69 Å². The second-order valence-electron chi connectivity index (χ2n) is 7.88. The lowest BCUT2D eigenvalue weighted by molar-refractivity contribution is 0.387. The van der Waals surface area contributed by atoms with Crippen LogP contribution < -0.4 is 10.5 Å². The van der Waals surface area contributed by atoms with Gasteiger partial charge in [0.2, 0.25) is 10.0 Å². The molecule has 1 aromatic heterocycles. The zero-order valence-corrected chi connectivity index (χ0v) is 18.8. The van der Waals surface area contributed by atoms with Crippen molar-refractivity contribution in [2.45, 2.75) is 35.8 Å². The Morgan fingerprint density at radius 3 is 2.23 bits per heavy atom. The molecule has 0 amide bonds. The lowest BCUT2D eigenvalue weighted by atomic mass is 10.3. The van der Waals surface area contributed by atoms with Crippen molar-refractivity contribution in [1.82, 2.24) is 14.1 Å². The maximum absolute atomic E-state index is 13.7. The zero-order valence-electron chi connectivity index (χ0n) is 17.1. The van der Waals surface area contributed by atoms with E-state index in [1.165, 1.54) is 28.5 Å². The third kappa shape index (κ3) is 4.93. The van der Waals surface area contributed by atoms with Crippen molar-refractivity contribution in [2.75, 3.05) is 37.3 Å². The van der Waals surface area contributed by atoms with Crippen molar-refractivity contribution < 1.29 is 17.2 Å². The number of halogens is 2. The van der Waals surface area contributed by atoms with E-state index in [1.54, 1.807) is 0 Å². The first-order chi connectivity index (χ1) is 14.7. The first-order valence-electron chi connectivity index (χ1n) is 10.2. The lowest BCUT2D eigenvalue weighted by Gasteiger charge is -2.35. The van der Waals surface area contributed by atoms with E-state index in [-0.39, 0.29) is 5.69 Å². The average Bonchev–Trinajstić information content (AvgIpc) is 3.21. The van der Waals surface area contributed by atoms with Gasteiger partial charge in [-0.1, -0.05) is 12.8 Å². The smallest absolute Gasteiger partial charge is 0.287 e. The van der Waals surface area contributed by atoms with Crippen LogP contribution in [0.3, 0.4) is 0 Å². The minimum Gasteiger partial charge on any atom is -0.367 e. The fourth-order valence-electron chi connectivity index (χ4n) is 4.04. The van der Waals surface area contributed by atoms with Gasteiger partial charge in [0.15, 0.2) is 0 Å². The minimum atomic E-state index is -3.27. The highest BCUT2D eigenvalue weighted by molar-refractivity contribution is 8.00. The molecule has 4 rings (SSSR count). The first-order valence-corrected chi connectivity index (χ1v) is 12.9. The predicted molar refractivity (Wildman–Crippen MR) is 116 cm³/mol. The molecule has 0 N–H and O–H groups in total. The van der Waals surface area contributed by atoms with E-state index < -0.39 is 27.2 Å². The maximum Gasteiger partial charge on any atom is 0.287 e. The van der Waals surface area contributed by atoms with Crippen molar-refractivity contribution in [2.24, 2.45) is 0 Å². The van der Waals surface area contributed by atoms with Gasteiger partial charge in [-0.2, -0.15) is 14.1 Å². The first kappa shape index (κ1) is 22.2. The van der Waals surface area contributed by atoms with E-state index in [0.29, 0.717) is 42.0 Å². The summed E-state index contributed by atoms with van der Waals surface area (Å²) in [7, 11) is -3.27. The fraction of sp³-hybridized carbons (Fsp3) is 0.500. The van der Waals surface area contributed by atoms with Crippen LogP contribution in [0.2, 0.25) is 0 Å². The molecule has 2 aromatic rings. The number of sulfonamides is 1. The van der Waals surface area contributed by atoms with E-state index in [9.17, 15) is 22.0 Å². The number of hydrogen-bond acceptors (Lipinski definition) is 6. The Kier molecular flexibility index (Phi) is 6.36. The molecule has 1 aromatic carbocycles. The van der Waals surface area contributed by atoms with E-state index in [0.717, 1.165) is 48.6 Å². The van der Waals surface area contributed by atoms with E-state index in [1.807, 2.05) is 4.90 Å². The predicted octanol–water partition coefficient (Wildman–Crippen LogP) is 2.63. The Morgan fingerprint density at radius 2 is 1.65 bits per heavy atom. The lowest BCUT2D eigenvalue weighted by Crippen LogP contribution is -2.49. The summed E-state index contributed by atoms with van der Waals surface area (Å²) in [5, 5.41) is 4.49. The fourth-order valence-corrected chi connectivity index (χ4v) is 6.26. The van der Waals surface area contributed by atoms with Gasteiger partial charge < -0.3 is 4.90 Å². The van der Waals surface area contributed by atoms with Crippen molar-refractivity contribution >= 4 is 27.5 Å². The van der Waals surface area contributed by atoms with Gasteiger partial charge in [-0.25, -0.2) is 17.2 Å². The standard InChI is InChI=1S/C20H24F2N4O3S2/c1-31(28,29)25-8-6-24(7-9-25)18-13-23-26(16-11-14(21)10-15(22)12-16)20(27)19(18)30-17-4-2-3-5-17/h10-13,17H,2-9H2,1H3. The highest BCUT2D eigenvalue weighted by Gasteiger charge is 2.28. The highest BCUT2D eigenvalue weighted by Crippen LogP contribution is 2.37. The molecule has 0 unspecified atom stereocenters. The Balaban J connectivity index is 1.71. The number of piperazine rings is 1. The quantitative estimate of drug-likeness (QED) is 0.669. The van der Waals surface area contributed by atoms with Gasteiger partial charge in [0.05, 0.1) is 28.7 Å². The third-order valence-electron chi connectivity index (χ3n) is 5.64. The number of thioether (sulfide) groups is 1. The summed E-state index contributed by atoms with van der Waals surface area (Å²) in [5.41, 5.74) is 0.248. The van der Waals surface area contributed by atoms with Crippen LogP contribution in [0, 0.1) is 11.6 Å². The van der Waals surface area contributed by atoms with E-state index in [4.69, 9.17) is 0 Å². The molecule has 2 fully saturated rings. The van der Waals surface area contributed by atoms with Crippen LogP contribution >= 0.6 is 11.8 Å².